The highest BCUT2D eigenvalue weighted by Gasteiger charge is 2.26. The number of piperidine rings is 1. The number of guanidine groups is 1. The lowest BCUT2D eigenvalue weighted by molar-refractivity contribution is -0.129. The smallest absolute Gasteiger partial charge is 0.222 e. The molecule has 2 saturated heterocycles. The van der Waals surface area contributed by atoms with Crippen LogP contribution in [0.4, 0.5) is 0 Å². The number of nitrogens with one attached hydrogen (secondary N) is 2. The van der Waals surface area contributed by atoms with E-state index >= 15 is 0 Å². The van der Waals surface area contributed by atoms with Gasteiger partial charge in [0, 0.05) is 39.1 Å². The van der Waals surface area contributed by atoms with Crippen LogP contribution in [-0.4, -0.2) is 74.0 Å². The summed E-state index contributed by atoms with van der Waals surface area (Å²) in [6.07, 6.45) is 5.38. The molecule has 2 fully saturated rings. The molecule has 2 N–H and O–H groups in total. The number of hydrogen-bond donors (Lipinski definition) is 2. The molecule has 0 aromatic heterocycles. The minimum Gasteiger partial charge on any atom is -0.356 e. The first-order chi connectivity index (χ1) is 11.7. The Morgan fingerprint density at radius 2 is 1.92 bits per heavy atom. The van der Waals surface area contributed by atoms with Crippen molar-refractivity contribution >= 4 is 11.9 Å². The fourth-order valence-electron chi connectivity index (χ4n) is 3.69. The largest absolute Gasteiger partial charge is 0.356 e. The summed E-state index contributed by atoms with van der Waals surface area (Å²) in [5.41, 5.74) is 0. The van der Waals surface area contributed by atoms with Gasteiger partial charge in [-0.1, -0.05) is 13.8 Å². The predicted molar refractivity (Wildman–Crippen MR) is 99.2 cm³/mol. The Morgan fingerprint density at radius 3 is 2.54 bits per heavy atom. The molecule has 2 aliphatic rings. The van der Waals surface area contributed by atoms with E-state index in [9.17, 15) is 4.79 Å². The van der Waals surface area contributed by atoms with Crippen LogP contribution in [0.25, 0.3) is 0 Å². The number of nitrogens with zero attached hydrogens (tertiary/aromatic N) is 3. The van der Waals surface area contributed by atoms with Crippen LogP contribution in [0.5, 0.6) is 0 Å². The Morgan fingerprint density at radius 1 is 1.17 bits per heavy atom. The molecule has 6 heteroatoms. The normalized spacial score (nSPS) is 23.5. The van der Waals surface area contributed by atoms with E-state index in [0.717, 1.165) is 37.9 Å². The van der Waals surface area contributed by atoms with Gasteiger partial charge in [0.15, 0.2) is 5.96 Å². The van der Waals surface area contributed by atoms with Crippen molar-refractivity contribution in [3.63, 3.8) is 0 Å². The third-order valence-corrected chi connectivity index (χ3v) is 5.21. The first-order valence-electron chi connectivity index (χ1n) is 9.63. The molecule has 138 valence electrons. The molecule has 1 atom stereocenters. The monoisotopic (exact) mass is 337 g/mol. The van der Waals surface area contributed by atoms with Crippen molar-refractivity contribution in [1.82, 2.24) is 20.4 Å². The zero-order valence-corrected chi connectivity index (χ0v) is 15.7. The standard InChI is InChI=1S/C18H35N5O/c1-4-9-22-10-6-15(7-11-22)13-20-18(19-3)21-16-8-12-23(14-16)17(24)5-2/h15-16H,4-14H2,1-3H3,(H2,19,20,21). The Kier molecular flexibility index (Phi) is 7.82. The molecule has 0 aliphatic carbocycles. The van der Waals surface area contributed by atoms with Crippen LogP contribution in [0, 0.1) is 5.92 Å². The molecule has 0 radical (unpaired) electrons. The maximum atomic E-state index is 11.8. The van der Waals surface area contributed by atoms with Crippen LogP contribution in [0.2, 0.25) is 0 Å². The van der Waals surface area contributed by atoms with Gasteiger partial charge in [0.25, 0.3) is 0 Å². The van der Waals surface area contributed by atoms with Gasteiger partial charge in [0.2, 0.25) is 5.91 Å². The van der Waals surface area contributed by atoms with Crippen LogP contribution >= 0.6 is 0 Å². The van der Waals surface area contributed by atoms with Crippen molar-refractivity contribution in [3.05, 3.63) is 0 Å². The molecule has 2 heterocycles. The number of likely N-dealkylation sites (tertiary alicyclic amines) is 2. The highest BCUT2D eigenvalue weighted by molar-refractivity contribution is 5.80. The van der Waals surface area contributed by atoms with Gasteiger partial charge in [0.05, 0.1) is 0 Å². The average molecular weight is 338 g/mol. The fourth-order valence-corrected chi connectivity index (χ4v) is 3.69. The third-order valence-electron chi connectivity index (χ3n) is 5.21. The van der Waals surface area contributed by atoms with E-state index in [0.29, 0.717) is 12.5 Å². The average Bonchev–Trinajstić information content (AvgIpc) is 3.08. The van der Waals surface area contributed by atoms with Crippen molar-refractivity contribution < 1.29 is 4.79 Å². The second kappa shape index (κ2) is 9.87. The van der Waals surface area contributed by atoms with Gasteiger partial charge >= 0.3 is 0 Å². The number of rotatable bonds is 6. The summed E-state index contributed by atoms with van der Waals surface area (Å²) >= 11 is 0. The van der Waals surface area contributed by atoms with Crippen LogP contribution < -0.4 is 10.6 Å². The lowest BCUT2D eigenvalue weighted by Crippen LogP contribution is -2.47. The van der Waals surface area contributed by atoms with Crippen LogP contribution in [0.1, 0.15) is 46.0 Å². The van der Waals surface area contributed by atoms with Crippen molar-refractivity contribution in [2.24, 2.45) is 10.9 Å². The van der Waals surface area contributed by atoms with Crippen LogP contribution in [0.3, 0.4) is 0 Å². The van der Waals surface area contributed by atoms with Gasteiger partial charge in [-0.25, -0.2) is 0 Å². The van der Waals surface area contributed by atoms with Gasteiger partial charge in [0.1, 0.15) is 0 Å². The van der Waals surface area contributed by atoms with Crippen molar-refractivity contribution in [2.75, 3.05) is 46.3 Å². The van der Waals surface area contributed by atoms with Crippen LogP contribution in [0.15, 0.2) is 4.99 Å². The SMILES string of the molecule is CCCN1CCC(CNC(=NC)NC2CCN(C(=O)CC)C2)CC1. The van der Waals surface area contributed by atoms with E-state index in [-0.39, 0.29) is 5.91 Å². The van der Waals surface area contributed by atoms with E-state index in [1.807, 2.05) is 18.9 Å². The summed E-state index contributed by atoms with van der Waals surface area (Å²) in [5.74, 6) is 1.86. The molecule has 24 heavy (non-hydrogen) atoms. The topological polar surface area (TPSA) is 60.0 Å². The molecule has 0 aromatic carbocycles. The highest BCUT2D eigenvalue weighted by Crippen LogP contribution is 2.16. The summed E-state index contributed by atoms with van der Waals surface area (Å²) in [6, 6.07) is 0.318. The summed E-state index contributed by atoms with van der Waals surface area (Å²) in [6.45, 7) is 10.5. The molecular formula is C18H35N5O. The molecule has 1 unspecified atom stereocenters. The number of hydrogen-bond acceptors (Lipinski definition) is 3. The lowest BCUT2D eigenvalue weighted by Gasteiger charge is -2.32. The fraction of sp³-hybridized carbons (Fsp3) is 0.889. The van der Waals surface area contributed by atoms with E-state index in [1.165, 1.54) is 38.9 Å². The molecule has 0 bridgehead atoms. The van der Waals surface area contributed by atoms with E-state index in [2.05, 4.69) is 27.4 Å². The molecule has 6 nitrogen and oxygen atoms in total. The molecule has 2 rings (SSSR count). The second-order valence-electron chi connectivity index (χ2n) is 7.06. The van der Waals surface area contributed by atoms with Gasteiger partial charge in [-0.3, -0.25) is 9.79 Å². The first kappa shape index (κ1) is 19.0. The van der Waals surface area contributed by atoms with Crippen molar-refractivity contribution in [3.8, 4) is 0 Å². The summed E-state index contributed by atoms with van der Waals surface area (Å²) in [4.78, 5) is 20.6. The number of carbonyl (C=O) groups is 1. The quantitative estimate of drug-likeness (QED) is 0.566. The minimum absolute atomic E-state index is 0.251. The summed E-state index contributed by atoms with van der Waals surface area (Å²) in [5, 5.41) is 6.97. The van der Waals surface area contributed by atoms with E-state index < -0.39 is 0 Å². The van der Waals surface area contributed by atoms with E-state index in [1.54, 1.807) is 0 Å². The molecule has 1 amide bonds. The van der Waals surface area contributed by atoms with Gasteiger partial charge < -0.3 is 20.4 Å². The van der Waals surface area contributed by atoms with Crippen molar-refractivity contribution in [2.45, 2.75) is 52.0 Å². The maximum Gasteiger partial charge on any atom is 0.222 e. The minimum atomic E-state index is 0.251. The third kappa shape index (κ3) is 5.65. The number of amides is 1. The number of carbonyl (C=O) groups excluding carboxylic acids is 1. The zero-order chi connectivity index (χ0) is 17.4. The maximum absolute atomic E-state index is 11.8. The Bertz CT molecular complexity index is 418. The van der Waals surface area contributed by atoms with Crippen LogP contribution in [-0.2, 0) is 4.79 Å². The Hall–Kier alpha value is -1.30. The molecule has 2 aliphatic heterocycles. The molecule has 0 saturated carbocycles. The van der Waals surface area contributed by atoms with E-state index in [4.69, 9.17) is 0 Å². The van der Waals surface area contributed by atoms with Crippen molar-refractivity contribution in [1.29, 1.82) is 0 Å². The highest BCUT2D eigenvalue weighted by atomic mass is 16.2. The molecule has 0 aromatic rings. The Labute approximate surface area is 147 Å². The second-order valence-corrected chi connectivity index (χ2v) is 7.06. The van der Waals surface area contributed by atoms with Gasteiger partial charge in [-0.05, 0) is 51.2 Å². The Balaban J connectivity index is 1.67. The predicted octanol–water partition coefficient (Wildman–Crippen LogP) is 1.28. The molecular weight excluding hydrogens is 302 g/mol. The number of aliphatic imine (C=N–C) groups is 1. The lowest BCUT2D eigenvalue weighted by atomic mass is 9.97. The first-order valence-corrected chi connectivity index (χ1v) is 9.63. The summed E-state index contributed by atoms with van der Waals surface area (Å²) in [7, 11) is 1.82. The van der Waals surface area contributed by atoms with Gasteiger partial charge in [-0.2, -0.15) is 0 Å². The zero-order valence-electron chi connectivity index (χ0n) is 15.7. The molecule has 0 spiro atoms. The van der Waals surface area contributed by atoms with Gasteiger partial charge in [-0.15, -0.1) is 0 Å². The summed E-state index contributed by atoms with van der Waals surface area (Å²) < 4.78 is 0.